The Morgan fingerprint density at radius 1 is 1.21 bits per heavy atom. The van der Waals surface area contributed by atoms with E-state index < -0.39 is 5.91 Å². The van der Waals surface area contributed by atoms with Crippen LogP contribution in [0.2, 0.25) is 0 Å². The largest absolute Gasteiger partial charge is 0.366 e. The fourth-order valence-corrected chi connectivity index (χ4v) is 1.42. The minimum atomic E-state index is -0.442. The molecule has 0 bridgehead atoms. The van der Waals surface area contributed by atoms with E-state index in [4.69, 9.17) is 5.73 Å². The maximum atomic E-state index is 10.4. The van der Waals surface area contributed by atoms with Crippen LogP contribution in [-0.4, -0.2) is 24.5 Å². The molecule has 0 aliphatic carbocycles. The molecule has 0 unspecified atom stereocenters. The third-order valence-electron chi connectivity index (χ3n) is 2.45. The number of hydrogen-bond donors (Lipinski definition) is 2. The number of pyridine rings is 1. The molecule has 1 aromatic carbocycles. The van der Waals surface area contributed by atoms with Crippen molar-refractivity contribution in [1.82, 2.24) is 10.3 Å². The van der Waals surface area contributed by atoms with Gasteiger partial charge in [-0.3, -0.25) is 9.78 Å². The maximum absolute atomic E-state index is 10.4. The fraction of sp³-hybridized carbons (Fsp3) is 0.200. The summed E-state index contributed by atoms with van der Waals surface area (Å²) in [4.78, 5) is 14.1. The Kier molecular flexibility index (Phi) is 6.90. The molecule has 0 atom stereocenters. The second-order valence-electron chi connectivity index (χ2n) is 3.95. The Balaban J connectivity index is 0.000000191. The van der Waals surface area contributed by atoms with Crippen molar-refractivity contribution in [3.8, 4) is 0 Å². The van der Waals surface area contributed by atoms with Crippen LogP contribution < -0.4 is 11.1 Å². The molecule has 0 saturated carbocycles. The van der Waals surface area contributed by atoms with E-state index in [1.54, 1.807) is 18.3 Å². The molecule has 4 heteroatoms. The number of benzene rings is 1. The summed E-state index contributed by atoms with van der Waals surface area (Å²) in [6.45, 7) is 1.06. The number of hydrogen-bond acceptors (Lipinski definition) is 3. The van der Waals surface area contributed by atoms with E-state index in [2.05, 4.69) is 34.6 Å². The summed E-state index contributed by atoms with van der Waals surface area (Å²) in [7, 11) is 1.98. The molecule has 0 saturated heterocycles. The van der Waals surface area contributed by atoms with Gasteiger partial charge in [-0.2, -0.15) is 0 Å². The zero-order chi connectivity index (χ0) is 13.9. The van der Waals surface area contributed by atoms with Crippen LogP contribution >= 0.6 is 0 Å². The lowest BCUT2D eigenvalue weighted by Gasteiger charge is -1.97. The predicted octanol–water partition coefficient (Wildman–Crippen LogP) is 1.63. The van der Waals surface area contributed by atoms with Gasteiger partial charge in [-0.25, -0.2) is 0 Å². The highest BCUT2D eigenvalue weighted by Crippen LogP contribution is 1.97. The van der Waals surface area contributed by atoms with Gasteiger partial charge in [-0.15, -0.1) is 0 Å². The number of carbonyl (C=O) groups excluding carboxylic acids is 1. The average Bonchev–Trinajstić information content (AvgIpc) is 2.48. The lowest BCUT2D eigenvalue weighted by molar-refractivity contribution is 0.1000. The van der Waals surface area contributed by atoms with Crippen LogP contribution in [0.25, 0.3) is 0 Å². The molecule has 0 aliphatic heterocycles. The summed E-state index contributed by atoms with van der Waals surface area (Å²) < 4.78 is 0. The Labute approximate surface area is 113 Å². The van der Waals surface area contributed by atoms with Crippen molar-refractivity contribution in [1.29, 1.82) is 0 Å². The standard InChI is InChI=1S/C9H13N.C6H6N2O/c1-10-8-7-9-5-3-2-4-6-9;7-6(9)5-2-1-3-8-4-5/h2-6,10H,7-8H2,1H3;1-4H,(H2,7,9). The SMILES string of the molecule is CNCCc1ccccc1.NC(=O)c1cccnc1. The van der Waals surface area contributed by atoms with Gasteiger partial charge in [-0.1, -0.05) is 30.3 Å². The predicted molar refractivity (Wildman–Crippen MR) is 76.8 cm³/mol. The number of carbonyl (C=O) groups is 1. The highest BCUT2D eigenvalue weighted by atomic mass is 16.1. The zero-order valence-corrected chi connectivity index (χ0v) is 11.0. The molecule has 19 heavy (non-hydrogen) atoms. The monoisotopic (exact) mass is 257 g/mol. The van der Waals surface area contributed by atoms with Gasteiger partial charge in [0.25, 0.3) is 0 Å². The van der Waals surface area contributed by atoms with Gasteiger partial charge >= 0.3 is 0 Å². The summed E-state index contributed by atoms with van der Waals surface area (Å²) in [5, 5.41) is 3.12. The second kappa shape index (κ2) is 8.83. The van der Waals surface area contributed by atoms with E-state index in [0.717, 1.165) is 13.0 Å². The van der Waals surface area contributed by atoms with Gasteiger partial charge in [0.2, 0.25) is 5.91 Å². The first-order valence-electron chi connectivity index (χ1n) is 6.12. The van der Waals surface area contributed by atoms with Crippen LogP contribution in [0.15, 0.2) is 54.9 Å². The van der Waals surface area contributed by atoms with Gasteiger partial charge in [0.1, 0.15) is 0 Å². The van der Waals surface area contributed by atoms with Crippen LogP contribution in [0.4, 0.5) is 0 Å². The summed E-state index contributed by atoms with van der Waals surface area (Å²) in [6, 6.07) is 13.8. The molecule has 2 rings (SSSR count). The van der Waals surface area contributed by atoms with E-state index in [-0.39, 0.29) is 0 Å². The zero-order valence-electron chi connectivity index (χ0n) is 11.0. The van der Waals surface area contributed by atoms with Crippen LogP contribution in [0, 0.1) is 0 Å². The molecular formula is C15H19N3O. The average molecular weight is 257 g/mol. The van der Waals surface area contributed by atoms with Crippen molar-refractivity contribution in [2.45, 2.75) is 6.42 Å². The number of aromatic nitrogens is 1. The molecule has 2 aromatic rings. The second-order valence-corrected chi connectivity index (χ2v) is 3.95. The minimum absolute atomic E-state index is 0.442. The smallest absolute Gasteiger partial charge is 0.250 e. The van der Waals surface area contributed by atoms with Crippen LogP contribution in [0.5, 0.6) is 0 Å². The first-order chi connectivity index (χ1) is 9.24. The topological polar surface area (TPSA) is 68.0 Å². The number of primary amides is 1. The van der Waals surface area contributed by atoms with Crippen molar-refractivity contribution in [3.63, 3.8) is 0 Å². The number of nitrogens with zero attached hydrogens (tertiary/aromatic N) is 1. The number of amides is 1. The summed E-state index contributed by atoms with van der Waals surface area (Å²) in [6.07, 6.45) is 4.14. The molecule has 100 valence electrons. The van der Waals surface area contributed by atoms with E-state index in [1.165, 1.54) is 11.8 Å². The van der Waals surface area contributed by atoms with Gasteiger partial charge in [0, 0.05) is 12.4 Å². The van der Waals surface area contributed by atoms with E-state index >= 15 is 0 Å². The van der Waals surface area contributed by atoms with Crippen molar-refractivity contribution in [3.05, 3.63) is 66.0 Å². The van der Waals surface area contributed by atoms with Gasteiger partial charge in [-0.05, 0) is 37.7 Å². The molecule has 3 N–H and O–H groups in total. The first kappa shape index (κ1) is 14.9. The molecule has 0 radical (unpaired) electrons. The summed E-state index contributed by atoms with van der Waals surface area (Å²) in [5.41, 5.74) is 6.78. The van der Waals surface area contributed by atoms with Crippen LogP contribution in [-0.2, 0) is 6.42 Å². The number of rotatable bonds is 4. The van der Waals surface area contributed by atoms with E-state index in [1.807, 2.05) is 13.1 Å². The Hall–Kier alpha value is -2.20. The molecular weight excluding hydrogens is 238 g/mol. The number of likely N-dealkylation sites (N-methyl/N-ethyl adjacent to an activating group) is 1. The van der Waals surface area contributed by atoms with Gasteiger partial charge < -0.3 is 11.1 Å². The lowest BCUT2D eigenvalue weighted by Crippen LogP contribution is -2.10. The normalized spacial score (nSPS) is 9.32. The molecule has 0 aliphatic rings. The van der Waals surface area contributed by atoms with Crippen molar-refractivity contribution in [2.75, 3.05) is 13.6 Å². The third kappa shape index (κ3) is 6.33. The highest BCUT2D eigenvalue weighted by molar-refractivity contribution is 5.92. The fourth-order valence-electron chi connectivity index (χ4n) is 1.42. The van der Waals surface area contributed by atoms with Crippen LogP contribution in [0.3, 0.4) is 0 Å². The quantitative estimate of drug-likeness (QED) is 0.874. The van der Waals surface area contributed by atoms with Gasteiger partial charge in [0.05, 0.1) is 5.56 Å². The molecule has 0 fully saturated rings. The minimum Gasteiger partial charge on any atom is -0.366 e. The number of nitrogens with two attached hydrogens (primary N) is 1. The van der Waals surface area contributed by atoms with Crippen LogP contribution in [0.1, 0.15) is 15.9 Å². The van der Waals surface area contributed by atoms with E-state index in [0.29, 0.717) is 5.56 Å². The molecule has 1 heterocycles. The van der Waals surface area contributed by atoms with Crippen molar-refractivity contribution < 1.29 is 4.79 Å². The lowest BCUT2D eigenvalue weighted by atomic mass is 10.2. The van der Waals surface area contributed by atoms with Gasteiger partial charge in [0.15, 0.2) is 0 Å². The third-order valence-corrected chi connectivity index (χ3v) is 2.45. The molecule has 4 nitrogen and oxygen atoms in total. The van der Waals surface area contributed by atoms with Crippen molar-refractivity contribution in [2.24, 2.45) is 5.73 Å². The number of nitrogens with one attached hydrogen (secondary N) is 1. The molecule has 1 aromatic heterocycles. The molecule has 0 spiro atoms. The summed E-state index contributed by atoms with van der Waals surface area (Å²) in [5.74, 6) is -0.442. The molecule has 1 amide bonds. The summed E-state index contributed by atoms with van der Waals surface area (Å²) >= 11 is 0. The maximum Gasteiger partial charge on any atom is 0.250 e. The first-order valence-corrected chi connectivity index (χ1v) is 6.12. The Morgan fingerprint density at radius 3 is 2.42 bits per heavy atom. The Bertz CT molecular complexity index is 471. The highest BCUT2D eigenvalue weighted by Gasteiger charge is 1.94. The van der Waals surface area contributed by atoms with Crippen molar-refractivity contribution >= 4 is 5.91 Å². The van der Waals surface area contributed by atoms with E-state index in [9.17, 15) is 4.79 Å². The Morgan fingerprint density at radius 2 is 1.95 bits per heavy atom.